The van der Waals surface area contributed by atoms with E-state index in [1.54, 1.807) is 6.07 Å². The fraction of sp³-hybridized carbons (Fsp3) is 0.533. The number of nitrogens with one attached hydrogen (secondary N) is 1. The van der Waals surface area contributed by atoms with Gasteiger partial charge < -0.3 is 10.1 Å². The number of nitrogens with zero attached hydrogens (tertiary/aromatic N) is 1. The molecule has 1 N–H and O–H groups in total. The number of hydrogen-bond donors (Lipinski definition) is 1. The van der Waals surface area contributed by atoms with E-state index in [4.69, 9.17) is 4.74 Å². The fourth-order valence-electron chi connectivity index (χ4n) is 2.30. The molecule has 1 heterocycles. The average Bonchev–Trinajstić information content (AvgIpc) is 2.48. The number of carbonyl (C=O) groups excluding carboxylic acids is 1. The van der Waals surface area contributed by atoms with E-state index in [2.05, 4.69) is 26.1 Å². The van der Waals surface area contributed by atoms with Gasteiger partial charge in [-0.2, -0.15) is 0 Å². The lowest BCUT2D eigenvalue weighted by Gasteiger charge is -2.34. The van der Waals surface area contributed by atoms with Gasteiger partial charge in [-0.3, -0.25) is 9.69 Å². The Bertz CT molecular complexity index is 499. The van der Waals surface area contributed by atoms with Crippen LogP contribution in [0.1, 0.15) is 18.9 Å². The monoisotopic (exact) mass is 358 g/mol. The lowest BCUT2D eigenvalue weighted by Crippen LogP contribution is -2.53. The molecular weight excluding hydrogens is 339 g/mol. The van der Waals surface area contributed by atoms with E-state index < -0.39 is 0 Å². The van der Waals surface area contributed by atoms with Gasteiger partial charge >= 0.3 is 0 Å². The van der Waals surface area contributed by atoms with Gasteiger partial charge in [-0.15, -0.1) is 0 Å². The van der Waals surface area contributed by atoms with Crippen LogP contribution in [0.15, 0.2) is 22.7 Å². The van der Waals surface area contributed by atoms with Crippen LogP contribution in [0.3, 0.4) is 0 Å². The van der Waals surface area contributed by atoms with Crippen molar-refractivity contribution in [3.05, 3.63) is 34.1 Å². The first-order valence-corrected chi connectivity index (χ1v) is 7.94. The molecule has 1 aliphatic heterocycles. The van der Waals surface area contributed by atoms with E-state index in [1.807, 2.05) is 6.92 Å². The summed E-state index contributed by atoms with van der Waals surface area (Å²) in [5.74, 6) is -0.278. The minimum atomic E-state index is -0.290. The van der Waals surface area contributed by atoms with Crippen LogP contribution in [0.4, 0.5) is 4.39 Å². The van der Waals surface area contributed by atoms with Gasteiger partial charge in [0, 0.05) is 24.1 Å². The Morgan fingerprint density at radius 2 is 2.38 bits per heavy atom. The maximum Gasteiger partial charge on any atom is 0.239 e. The van der Waals surface area contributed by atoms with E-state index >= 15 is 0 Å². The van der Waals surface area contributed by atoms with Crippen LogP contribution in [-0.4, -0.2) is 43.2 Å². The van der Waals surface area contributed by atoms with Crippen molar-refractivity contribution in [1.29, 1.82) is 0 Å². The van der Waals surface area contributed by atoms with Crippen molar-refractivity contribution < 1.29 is 13.9 Å². The van der Waals surface area contributed by atoms with Gasteiger partial charge in [0.25, 0.3) is 0 Å². The molecular formula is C15H20BrFN2O2. The Balaban J connectivity index is 2.06. The summed E-state index contributed by atoms with van der Waals surface area (Å²) in [6, 6.07) is 4.34. The maximum atomic E-state index is 13.1. The molecule has 0 aliphatic carbocycles. The van der Waals surface area contributed by atoms with Crippen LogP contribution in [0.25, 0.3) is 0 Å². The zero-order valence-corrected chi connectivity index (χ0v) is 13.7. The third kappa shape index (κ3) is 4.49. The summed E-state index contributed by atoms with van der Waals surface area (Å²) in [5.41, 5.74) is 0.964. The highest BCUT2D eigenvalue weighted by molar-refractivity contribution is 9.10. The van der Waals surface area contributed by atoms with E-state index in [0.29, 0.717) is 32.8 Å². The Morgan fingerprint density at radius 3 is 3.10 bits per heavy atom. The predicted octanol–water partition coefficient (Wildman–Crippen LogP) is 2.32. The molecule has 1 aromatic rings. The minimum absolute atomic E-state index is 0.00483. The number of morpholine rings is 1. The van der Waals surface area contributed by atoms with Gasteiger partial charge in [0.15, 0.2) is 0 Å². The van der Waals surface area contributed by atoms with Crippen LogP contribution >= 0.6 is 15.9 Å². The van der Waals surface area contributed by atoms with E-state index in [0.717, 1.165) is 16.5 Å². The van der Waals surface area contributed by atoms with Crippen LogP contribution in [0.5, 0.6) is 0 Å². The zero-order chi connectivity index (χ0) is 15.2. The minimum Gasteiger partial charge on any atom is -0.378 e. The molecule has 1 atom stereocenters. The third-order valence-electron chi connectivity index (χ3n) is 3.48. The smallest absolute Gasteiger partial charge is 0.239 e. The highest BCUT2D eigenvalue weighted by Crippen LogP contribution is 2.21. The number of rotatable bonds is 5. The van der Waals surface area contributed by atoms with Crippen LogP contribution < -0.4 is 5.32 Å². The van der Waals surface area contributed by atoms with Gasteiger partial charge in [0.2, 0.25) is 5.91 Å². The van der Waals surface area contributed by atoms with Gasteiger partial charge in [-0.25, -0.2) is 4.39 Å². The third-order valence-corrected chi connectivity index (χ3v) is 4.22. The highest BCUT2D eigenvalue weighted by Gasteiger charge is 2.29. The normalized spacial score (nSPS) is 19.5. The molecule has 1 fully saturated rings. The lowest BCUT2D eigenvalue weighted by molar-refractivity contribution is -0.132. The molecule has 0 radical (unpaired) electrons. The number of halogens is 2. The first-order chi connectivity index (χ1) is 10.1. The Labute approximate surface area is 132 Å². The summed E-state index contributed by atoms with van der Waals surface area (Å²) in [6.07, 6.45) is 0.906. The van der Waals surface area contributed by atoms with Gasteiger partial charge in [-0.1, -0.05) is 28.9 Å². The average molecular weight is 359 g/mol. The van der Waals surface area contributed by atoms with Crippen LogP contribution in [-0.2, 0) is 16.1 Å². The van der Waals surface area contributed by atoms with Gasteiger partial charge in [0.05, 0.1) is 13.2 Å². The standard InChI is InChI=1S/C15H20BrFN2O2/c1-2-5-18-15(20)14-10-21-7-6-19(14)9-11-3-4-12(17)8-13(11)16/h3-4,8,14H,2,5-7,9-10H2,1H3,(H,18,20). The number of benzene rings is 1. The molecule has 2 rings (SSSR count). The lowest BCUT2D eigenvalue weighted by atomic mass is 10.1. The topological polar surface area (TPSA) is 41.6 Å². The maximum absolute atomic E-state index is 13.1. The molecule has 6 heteroatoms. The second kappa shape index (κ2) is 7.87. The molecule has 1 aromatic carbocycles. The summed E-state index contributed by atoms with van der Waals surface area (Å²) >= 11 is 3.37. The van der Waals surface area contributed by atoms with Crippen molar-refractivity contribution >= 4 is 21.8 Å². The molecule has 4 nitrogen and oxygen atoms in total. The van der Waals surface area contributed by atoms with Crippen molar-refractivity contribution in [2.45, 2.75) is 25.9 Å². The second-order valence-electron chi connectivity index (χ2n) is 5.09. The largest absolute Gasteiger partial charge is 0.378 e. The SMILES string of the molecule is CCCNC(=O)C1COCCN1Cc1ccc(F)cc1Br. The van der Waals surface area contributed by atoms with Crippen molar-refractivity contribution in [1.82, 2.24) is 10.2 Å². The quantitative estimate of drug-likeness (QED) is 0.878. The summed E-state index contributed by atoms with van der Waals surface area (Å²) in [6.45, 7) is 4.97. The fourth-order valence-corrected chi connectivity index (χ4v) is 2.78. The predicted molar refractivity (Wildman–Crippen MR) is 82.4 cm³/mol. The molecule has 0 aromatic heterocycles. The van der Waals surface area contributed by atoms with Crippen molar-refractivity contribution in [2.24, 2.45) is 0 Å². The molecule has 21 heavy (non-hydrogen) atoms. The Kier molecular flexibility index (Phi) is 6.14. The Morgan fingerprint density at radius 1 is 1.57 bits per heavy atom. The first-order valence-electron chi connectivity index (χ1n) is 7.15. The summed E-state index contributed by atoms with van der Waals surface area (Å²) in [5, 5.41) is 2.91. The van der Waals surface area contributed by atoms with Gasteiger partial charge in [0.1, 0.15) is 11.9 Å². The van der Waals surface area contributed by atoms with Crippen molar-refractivity contribution in [3.8, 4) is 0 Å². The molecule has 0 bridgehead atoms. The summed E-state index contributed by atoms with van der Waals surface area (Å²) in [4.78, 5) is 14.3. The number of amides is 1. The zero-order valence-electron chi connectivity index (χ0n) is 12.1. The Hall–Kier alpha value is -0.980. The van der Waals surface area contributed by atoms with Crippen LogP contribution in [0, 0.1) is 5.82 Å². The second-order valence-corrected chi connectivity index (χ2v) is 5.94. The number of ether oxygens (including phenoxy) is 1. The molecule has 1 unspecified atom stereocenters. The highest BCUT2D eigenvalue weighted by atomic mass is 79.9. The molecule has 116 valence electrons. The van der Waals surface area contributed by atoms with E-state index in [-0.39, 0.29) is 17.8 Å². The summed E-state index contributed by atoms with van der Waals surface area (Å²) in [7, 11) is 0. The number of hydrogen-bond acceptors (Lipinski definition) is 3. The first kappa shape index (κ1) is 16.4. The molecule has 1 amide bonds. The van der Waals surface area contributed by atoms with Crippen molar-refractivity contribution in [3.63, 3.8) is 0 Å². The van der Waals surface area contributed by atoms with E-state index in [1.165, 1.54) is 12.1 Å². The van der Waals surface area contributed by atoms with Crippen molar-refractivity contribution in [2.75, 3.05) is 26.3 Å². The molecule has 1 aliphatic rings. The molecule has 0 spiro atoms. The molecule has 0 saturated carbocycles. The van der Waals surface area contributed by atoms with E-state index in [9.17, 15) is 9.18 Å². The number of carbonyl (C=O) groups is 1. The van der Waals surface area contributed by atoms with Gasteiger partial charge in [-0.05, 0) is 24.1 Å². The summed E-state index contributed by atoms with van der Waals surface area (Å²) < 4.78 is 19.3. The molecule has 1 saturated heterocycles. The van der Waals surface area contributed by atoms with Crippen LogP contribution in [0.2, 0.25) is 0 Å².